The lowest BCUT2D eigenvalue weighted by molar-refractivity contribution is -0.142. The lowest BCUT2D eigenvalue weighted by Gasteiger charge is -2.10. The zero-order valence-electron chi connectivity index (χ0n) is 8.37. The van der Waals surface area contributed by atoms with Crippen LogP contribution in [0.15, 0.2) is 16.7 Å². The highest BCUT2D eigenvalue weighted by atomic mass is 79.9. The van der Waals surface area contributed by atoms with Gasteiger partial charge in [-0.25, -0.2) is 4.98 Å². The summed E-state index contributed by atoms with van der Waals surface area (Å²) >= 11 is 2.79. The first kappa shape index (κ1) is 7.61. The minimum Gasteiger partial charge on any atom is -0.494 e. The van der Waals surface area contributed by atoms with E-state index in [0.29, 0.717) is 0 Å². The number of hydrogen-bond acceptors (Lipinski definition) is 2. The Balaban J connectivity index is 3.53. The molecule has 1 aromatic rings. The highest BCUT2D eigenvalue weighted by Gasteiger charge is 2.36. The van der Waals surface area contributed by atoms with Crippen molar-refractivity contribution < 1.29 is 20.6 Å². The lowest BCUT2D eigenvalue weighted by atomic mass is 10.3. The average Bonchev–Trinajstić information content (AvgIpc) is 2.12. The van der Waals surface area contributed by atoms with Crippen molar-refractivity contribution in [2.24, 2.45) is 0 Å². The number of nitrogens with zero attached hydrogens (tertiary/aromatic N) is 1. The predicted octanol–water partition coefficient (Wildman–Crippen LogP) is 2.87. The van der Waals surface area contributed by atoms with Crippen LogP contribution >= 0.6 is 15.9 Å². The minimum atomic E-state index is -4.74. The smallest absolute Gasteiger partial charge is 0.437 e. The van der Waals surface area contributed by atoms with Crippen molar-refractivity contribution in [1.82, 2.24) is 4.98 Å². The Morgan fingerprint density at radius 2 is 2.23 bits per heavy atom. The second-order valence-electron chi connectivity index (χ2n) is 2.04. The van der Waals surface area contributed by atoms with Crippen molar-refractivity contribution in [3.05, 3.63) is 22.4 Å². The normalized spacial score (nSPS) is 13.6. The van der Waals surface area contributed by atoms with Gasteiger partial charge in [-0.2, -0.15) is 13.2 Å². The van der Waals surface area contributed by atoms with E-state index in [1.54, 1.807) is 0 Å². The van der Waals surface area contributed by atoms with Gasteiger partial charge in [-0.05, 0) is 22.0 Å². The molecule has 0 aliphatic rings. The van der Waals surface area contributed by atoms with Crippen LogP contribution in [0.2, 0.25) is 0 Å². The van der Waals surface area contributed by atoms with Gasteiger partial charge in [0.15, 0.2) is 11.4 Å². The molecule has 0 fully saturated rings. The van der Waals surface area contributed by atoms with Gasteiger partial charge in [-0.15, -0.1) is 0 Å². The number of aromatic nitrogens is 1. The summed E-state index contributed by atoms with van der Waals surface area (Å²) < 4.78 is 56.0. The number of ether oxygens (including phenoxy) is 1. The second kappa shape index (κ2) is 3.53. The molecule has 0 atom stereocenters. The Hall–Kier alpha value is -0.780. The summed E-state index contributed by atoms with van der Waals surface area (Å²) in [5.41, 5.74) is -1.36. The number of hydrogen-bond donors (Lipinski definition) is 0. The Morgan fingerprint density at radius 1 is 1.62 bits per heavy atom. The molecule has 0 amide bonds. The van der Waals surface area contributed by atoms with Gasteiger partial charge in [0.25, 0.3) is 0 Å². The van der Waals surface area contributed by atoms with Gasteiger partial charge in [0.05, 0.1) is 9.85 Å². The van der Waals surface area contributed by atoms with Crippen LogP contribution in [0.5, 0.6) is 5.75 Å². The van der Waals surface area contributed by atoms with E-state index in [1.165, 1.54) is 0 Å². The van der Waals surface area contributed by atoms with E-state index < -0.39 is 29.8 Å². The molecule has 0 aliphatic carbocycles. The van der Waals surface area contributed by atoms with E-state index in [4.69, 9.17) is 2.74 Å². The van der Waals surface area contributed by atoms with Crippen molar-refractivity contribution in [2.45, 2.75) is 6.18 Å². The monoisotopic (exact) mass is 257 g/mol. The molecular formula is C7H5BrF3NO. The van der Waals surface area contributed by atoms with E-state index in [1.807, 2.05) is 0 Å². The summed E-state index contributed by atoms with van der Waals surface area (Å²) in [4.78, 5) is 3.03. The minimum absolute atomic E-state index is 0.132. The fourth-order valence-electron chi connectivity index (χ4n) is 0.682. The van der Waals surface area contributed by atoms with Crippen LogP contribution in [0.25, 0.3) is 0 Å². The van der Waals surface area contributed by atoms with Crippen LogP contribution in [-0.2, 0) is 6.18 Å². The third-order valence-electron chi connectivity index (χ3n) is 1.18. The molecule has 72 valence electrons. The molecule has 2 nitrogen and oxygen atoms in total. The van der Waals surface area contributed by atoms with E-state index in [0.717, 1.165) is 7.11 Å². The number of halogens is 4. The third-order valence-corrected chi connectivity index (χ3v) is 1.55. The van der Waals surface area contributed by atoms with E-state index in [9.17, 15) is 13.2 Å². The summed E-state index contributed by atoms with van der Waals surface area (Å²) in [7, 11) is 1.01. The molecule has 13 heavy (non-hydrogen) atoms. The van der Waals surface area contributed by atoms with Gasteiger partial charge >= 0.3 is 6.18 Å². The molecule has 1 aromatic heterocycles. The van der Waals surface area contributed by atoms with Crippen LogP contribution in [0.3, 0.4) is 0 Å². The first-order chi connectivity index (χ1) is 6.79. The molecule has 0 saturated heterocycles. The number of alkyl halides is 3. The maximum absolute atomic E-state index is 12.4. The molecule has 0 N–H and O–H groups in total. The van der Waals surface area contributed by atoms with Crippen molar-refractivity contribution in [3.8, 4) is 5.75 Å². The first-order valence-electron chi connectivity index (χ1n) is 4.07. The van der Waals surface area contributed by atoms with Crippen molar-refractivity contribution in [1.29, 1.82) is 0 Å². The number of methoxy groups -OCH3 is 1. The molecule has 0 radical (unpaired) electrons. The summed E-state index contributed by atoms with van der Waals surface area (Å²) in [6, 6.07) is -0.537. The highest BCUT2D eigenvalue weighted by Crippen LogP contribution is 2.35. The van der Waals surface area contributed by atoms with Crippen LogP contribution in [0.4, 0.5) is 13.2 Å². The molecule has 6 heteroatoms. The molecule has 0 saturated carbocycles. The summed E-state index contributed by atoms with van der Waals surface area (Å²) in [6.07, 6.45) is -5.38. The fourth-order valence-corrected chi connectivity index (χ4v) is 0.951. The molecule has 0 bridgehead atoms. The maximum atomic E-state index is 12.4. The zero-order valence-corrected chi connectivity index (χ0v) is 7.95. The van der Waals surface area contributed by atoms with E-state index in [2.05, 4.69) is 25.7 Å². The van der Waals surface area contributed by atoms with Crippen LogP contribution < -0.4 is 4.74 Å². The molecule has 0 spiro atoms. The SMILES string of the molecule is [2H]c1nc(C(F)(F)F)c(OC)c([2H])c1Br. The molecule has 0 unspecified atom stereocenters. The largest absolute Gasteiger partial charge is 0.494 e. The van der Waals surface area contributed by atoms with Crippen molar-refractivity contribution in [2.75, 3.05) is 7.11 Å². The zero-order chi connectivity index (χ0) is 11.8. The standard InChI is InChI=1S/C7H5BrF3NO/c1-13-5-2-4(8)3-12-6(5)7(9,10)11/h2-3H,1H3/i2D,3D. The average molecular weight is 258 g/mol. The second-order valence-corrected chi connectivity index (χ2v) is 2.84. The predicted molar refractivity (Wildman–Crippen MR) is 43.5 cm³/mol. The van der Waals surface area contributed by atoms with E-state index in [-0.39, 0.29) is 4.47 Å². The molecular weight excluding hydrogens is 251 g/mol. The number of rotatable bonds is 1. The topological polar surface area (TPSA) is 22.1 Å². The molecule has 0 aliphatic heterocycles. The summed E-state index contributed by atoms with van der Waals surface area (Å²) in [6.45, 7) is 0. The van der Waals surface area contributed by atoms with Gasteiger partial charge in [-0.1, -0.05) is 0 Å². The maximum Gasteiger partial charge on any atom is 0.437 e. The fraction of sp³-hybridized carbons (Fsp3) is 0.286. The Morgan fingerprint density at radius 3 is 2.69 bits per heavy atom. The molecule has 1 heterocycles. The Kier molecular flexibility index (Phi) is 2.07. The highest BCUT2D eigenvalue weighted by molar-refractivity contribution is 9.10. The van der Waals surface area contributed by atoms with Gasteiger partial charge < -0.3 is 4.74 Å². The van der Waals surface area contributed by atoms with Crippen LogP contribution in [0, 0.1) is 0 Å². The van der Waals surface area contributed by atoms with Crippen LogP contribution in [0.1, 0.15) is 8.44 Å². The third kappa shape index (κ3) is 2.33. The van der Waals surface area contributed by atoms with Gasteiger partial charge in [0, 0.05) is 10.6 Å². The van der Waals surface area contributed by atoms with Crippen molar-refractivity contribution in [3.63, 3.8) is 0 Å². The van der Waals surface area contributed by atoms with Gasteiger partial charge in [0.1, 0.15) is 0 Å². The van der Waals surface area contributed by atoms with Crippen molar-refractivity contribution >= 4 is 15.9 Å². The summed E-state index contributed by atoms with van der Waals surface area (Å²) in [5, 5.41) is 0. The Labute approximate surface area is 83.7 Å². The van der Waals surface area contributed by atoms with Gasteiger partial charge in [-0.3, -0.25) is 0 Å². The number of pyridine rings is 1. The van der Waals surface area contributed by atoms with E-state index >= 15 is 0 Å². The van der Waals surface area contributed by atoms with Gasteiger partial charge in [0.2, 0.25) is 0 Å². The quantitative estimate of drug-likeness (QED) is 0.772. The van der Waals surface area contributed by atoms with Crippen LogP contribution in [-0.4, -0.2) is 12.1 Å². The summed E-state index contributed by atoms with van der Waals surface area (Å²) in [5.74, 6) is -0.689. The lowest BCUT2D eigenvalue weighted by Crippen LogP contribution is -2.09. The molecule has 0 aromatic carbocycles. The first-order valence-corrected chi connectivity index (χ1v) is 3.86. The Bertz CT molecular complexity index is 397. The molecule has 1 rings (SSSR count).